The lowest BCUT2D eigenvalue weighted by Gasteiger charge is -2.11. The molecule has 0 aliphatic carbocycles. The van der Waals surface area contributed by atoms with Crippen LogP contribution in [0, 0.1) is 6.92 Å². The van der Waals surface area contributed by atoms with Gasteiger partial charge in [-0.2, -0.15) is 0 Å². The molecular formula is C18H30N2O. The number of nitrogens with one attached hydrogen (secondary N) is 2. The van der Waals surface area contributed by atoms with Crippen molar-refractivity contribution in [1.29, 1.82) is 0 Å². The lowest BCUT2D eigenvalue weighted by Crippen LogP contribution is -2.22. The van der Waals surface area contributed by atoms with E-state index < -0.39 is 0 Å². The molecular weight excluding hydrogens is 260 g/mol. The third-order valence-electron chi connectivity index (χ3n) is 3.68. The van der Waals surface area contributed by atoms with Crippen molar-refractivity contribution in [1.82, 2.24) is 5.32 Å². The zero-order valence-electron chi connectivity index (χ0n) is 13.8. The molecule has 1 aromatic carbocycles. The average Bonchev–Trinajstić information content (AvgIpc) is 2.48. The number of carbonyl (C=O) groups excluding carboxylic acids is 1. The lowest BCUT2D eigenvalue weighted by molar-refractivity contribution is 0.0956. The Morgan fingerprint density at radius 3 is 2.48 bits per heavy atom. The number of unbranched alkanes of at least 4 members (excludes halogenated alkanes) is 5. The van der Waals surface area contributed by atoms with Crippen molar-refractivity contribution in [3.8, 4) is 0 Å². The Labute approximate surface area is 129 Å². The van der Waals surface area contributed by atoms with E-state index in [1.165, 1.54) is 44.1 Å². The summed E-state index contributed by atoms with van der Waals surface area (Å²) in [5, 5.41) is 6.30. The molecule has 0 bridgehead atoms. The van der Waals surface area contributed by atoms with Crippen molar-refractivity contribution in [3.63, 3.8) is 0 Å². The first-order valence-corrected chi connectivity index (χ1v) is 8.31. The number of anilines is 1. The molecule has 0 heterocycles. The molecule has 0 spiro atoms. The molecule has 0 radical (unpaired) electrons. The number of rotatable bonds is 10. The summed E-state index contributed by atoms with van der Waals surface area (Å²) < 4.78 is 0. The number of hydrogen-bond acceptors (Lipinski definition) is 2. The van der Waals surface area contributed by atoms with Gasteiger partial charge in [-0.3, -0.25) is 4.79 Å². The minimum atomic E-state index is 0.000107. The van der Waals surface area contributed by atoms with Gasteiger partial charge in [0.1, 0.15) is 0 Å². The molecule has 0 fully saturated rings. The van der Waals surface area contributed by atoms with Crippen LogP contribution in [-0.4, -0.2) is 19.0 Å². The van der Waals surface area contributed by atoms with Crippen LogP contribution in [0.25, 0.3) is 0 Å². The van der Waals surface area contributed by atoms with Crippen LogP contribution in [0.3, 0.4) is 0 Å². The van der Waals surface area contributed by atoms with Gasteiger partial charge in [0, 0.05) is 24.3 Å². The fourth-order valence-electron chi connectivity index (χ4n) is 2.34. The van der Waals surface area contributed by atoms with E-state index in [0.717, 1.165) is 17.8 Å². The topological polar surface area (TPSA) is 41.1 Å². The Balaban J connectivity index is 2.40. The summed E-state index contributed by atoms with van der Waals surface area (Å²) in [5.74, 6) is 0.000107. The number of amides is 1. The van der Waals surface area contributed by atoms with Gasteiger partial charge >= 0.3 is 0 Å². The molecule has 1 amide bonds. The van der Waals surface area contributed by atoms with E-state index in [2.05, 4.69) is 24.5 Å². The standard InChI is InChI=1S/C18H30N2O/c1-4-6-7-8-9-10-13-20-17-14-16(12-11-15(17)3)18(21)19-5-2/h11-12,14,20H,4-10,13H2,1-3H3,(H,19,21). The highest BCUT2D eigenvalue weighted by atomic mass is 16.1. The lowest BCUT2D eigenvalue weighted by atomic mass is 10.1. The smallest absolute Gasteiger partial charge is 0.251 e. The summed E-state index contributed by atoms with van der Waals surface area (Å²) >= 11 is 0. The second-order valence-corrected chi connectivity index (χ2v) is 5.58. The summed E-state index contributed by atoms with van der Waals surface area (Å²) in [5.41, 5.74) is 2.99. The summed E-state index contributed by atoms with van der Waals surface area (Å²) in [6, 6.07) is 5.85. The fraction of sp³-hybridized carbons (Fsp3) is 0.611. The van der Waals surface area contributed by atoms with E-state index in [-0.39, 0.29) is 5.91 Å². The Morgan fingerprint density at radius 1 is 1.05 bits per heavy atom. The summed E-state index contributed by atoms with van der Waals surface area (Å²) in [6.45, 7) is 7.89. The van der Waals surface area contributed by atoms with Crippen molar-refractivity contribution in [3.05, 3.63) is 29.3 Å². The zero-order chi connectivity index (χ0) is 15.5. The maximum Gasteiger partial charge on any atom is 0.251 e. The SMILES string of the molecule is CCCCCCCCNc1cc(C(=O)NCC)ccc1C. The van der Waals surface area contributed by atoms with Gasteiger partial charge in [0.2, 0.25) is 0 Å². The minimum absolute atomic E-state index is 0.000107. The summed E-state index contributed by atoms with van der Waals surface area (Å²) in [6.07, 6.45) is 7.79. The summed E-state index contributed by atoms with van der Waals surface area (Å²) in [4.78, 5) is 11.8. The van der Waals surface area contributed by atoms with Gasteiger partial charge < -0.3 is 10.6 Å². The first-order valence-electron chi connectivity index (χ1n) is 8.31. The van der Waals surface area contributed by atoms with Gasteiger partial charge in [-0.1, -0.05) is 45.1 Å². The van der Waals surface area contributed by atoms with Crippen molar-refractivity contribution in [2.75, 3.05) is 18.4 Å². The molecule has 1 aromatic rings. The fourth-order valence-corrected chi connectivity index (χ4v) is 2.34. The molecule has 21 heavy (non-hydrogen) atoms. The van der Waals surface area contributed by atoms with Gasteiger partial charge in [0.25, 0.3) is 5.91 Å². The second kappa shape index (κ2) is 10.3. The normalized spacial score (nSPS) is 10.4. The van der Waals surface area contributed by atoms with Crippen LogP contribution in [0.5, 0.6) is 0 Å². The molecule has 0 saturated heterocycles. The molecule has 0 atom stereocenters. The quantitative estimate of drug-likeness (QED) is 0.622. The Morgan fingerprint density at radius 2 is 1.76 bits per heavy atom. The van der Waals surface area contributed by atoms with E-state index in [1.807, 2.05) is 25.1 Å². The van der Waals surface area contributed by atoms with E-state index in [9.17, 15) is 4.79 Å². The molecule has 3 heteroatoms. The highest BCUT2D eigenvalue weighted by Crippen LogP contribution is 2.17. The predicted molar refractivity (Wildman–Crippen MR) is 91.1 cm³/mol. The molecule has 3 nitrogen and oxygen atoms in total. The Bertz CT molecular complexity index is 429. The van der Waals surface area contributed by atoms with Crippen molar-refractivity contribution >= 4 is 11.6 Å². The largest absolute Gasteiger partial charge is 0.385 e. The van der Waals surface area contributed by atoms with E-state index in [0.29, 0.717) is 6.54 Å². The Hall–Kier alpha value is -1.51. The number of aryl methyl sites for hydroxylation is 1. The maximum atomic E-state index is 11.8. The van der Waals surface area contributed by atoms with Gasteiger partial charge in [0.15, 0.2) is 0 Å². The van der Waals surface area contributed by atoms with Gasteiger partial charge in [-0.05, 0) is 38.0 Å². The molecule has 118 valence electrons. The minimum Gasteiger partial charge on any atom is -0.385 e. The van der Waals surface area contributed by atoms with Crippen LogP contribution >= 0.6 is 0 Å². The molecule has 1 rings (SSSR count). The van der Waals surface area contributed by atoms with Crippen LogP contribution < -0.4 is 10.6 Å². The zero-order valence-corrected chi connectivity index (χ0v) is 13.8. The van der Waals surface area contributed by atoms with Crippen LogP contribution in [0.4, 0.5) is 5.69 Å². The third kappa shape index (κ3) is 6.65. The molecule has 0 saturated carbocycles. The third-order valence-corrected chi connectivity index (χ3v) is 3.68. The van der Waals surface area contributed by atoms with E-state index in [1.54, 1.807) is 0 Å². The van der Waals surface area contributed by atoms with Gasteiger partial charge in [-0.25, -0.2) is 0 Å². The average molecular weight is 290 g/mol. The molecule has 0 aliphatic heterocycles. The van der Waals surface area contributed by atoms with Crippen molar-refractivity contribution in [2.24, 2.45) is 0 Å². The molecule has 0 aliphatic rings. The number of carbonyl (C=O) groups is 1. The highest BCUT2D eigenvalue weighted by Gasteiger charge is 2.06. The maximum absolute atomic E-state index is 11.8. The number of hydrogen-bond donors (Lipinski definition) is 2. The monoisotopic (exact) mass is 290 g/mol. The first-order chi connectivity index (χ1) is 10.2. The van der Waals surface area contributed by atoms with Crippen molar-refractivity contribution < 1.29 is 4.79 Å². The Kier molecular flexibility index (Phi) is 8.56. The first kappa shape index (κ1) is 17.5. The predicted octanol–water partition coefficient (Wildman–Crippen LogP) is 4.52. The van der Waals surface area contributed by atoms with Gasteiger partial charge in [0.05, 0.1) is 0 Å². The van der Waals surface area contributed by atoms with Crippen LogP contribution in [0.15, 0.2) is 18.2 Å². The second-order valence-electron chi connectivity index (χ2n) is 5.58. The molecule has 0 aromatic heterocycles. The molecule has 2 N–H and O–H groups in total. The van der Waals surface area contributed by atoms with Crippen LogP contribution in [-0.2, 0) is 0 Å². The van der Waals surface area contributed by atoms with E-state index >= 15 is 0 Å². The number of benzene rings is 1. The van der Waals surface area contributed by atoms with E-state index in [4.69, 9.17) is 0 Å². The van der Waals surface area contributed by atoms with Crippen molar-refractivity contribution in [2.45, 2.75) is 59.3 Å². The van der Waals surface area contributed by atoms with Crippen LogP contribution in [0.2, 0.25) is 0 Å². The molecule has 0 unspecified atom stereocenters. The summed E-state index contributed by atoms with van der Waals surface area (Å²) in [7, 11) is 0. The van der Waals surface area contributed by atoms with Crippen LogP contribution in [0.1, 0.15) is 68.3 Å². The highest BCUT2D eigenvalue weighted by molar-refractivity contribution is 5.95. The van der Waals surface area contributed by atoms with Gasteiger partial charge in [-0.15, -0.1) is 0 Å².